The van der Waals surface area contributed by atoms with Crippen LogP contribution in [0, 0.1) is 0 Å². The molecule has 150 valence electrons. The van der Waals surface area contributed by atoms with Crippen molar-refractivity contribution < 1.29 is 9.53 Å². The van der Waals surface area contributed by atoms with Crippen LogP contribution in [0.25, 0.3) is 0 Å². The van der Waals surface area contributed by atoms with E-state index in [-0.39, 0.29) is 5.91 Å². The van der Waals surface area contributed by atoms with Crippen LogP contribution in [-0.2, 0) is 19.5 Å². The van der Waals surface area contributed by atoms with Gasteiger partial charge in [-0.15, -0.1) is 6.58 Å². The SMILES string of the molecule is C=CCN(Cc1cccn1Cc1cccc(OC)c1)C(=O)c1ccc(CC)cc1. The molecule has 0 spiro atoms. The summed E-state index contributed by atoms with van der Waals surface area (Å²) < 4.78 is 7.49. The molecule has 0 aliphatic carbocycles. The van der Waals surface area contributed by atoms with Crippen LogP contribution in [0.5, 0.6) is 5.75 Å². The van der Waals surface area contributed by atoms with Gasteiger partial charge in [0.25, 0.3) is 5.91 Å². The average Bonchev–Trinajstić information content (AvgIpc) is 3.19. The number of hydrogen-bond acceptors (Lipinski definition) is 2. The van der Waals surface area contributed by atoms with Gasteiger partial charge in [-0.25, -0.2) is 0 Å². The van der Waals surface area contributed by atoms with Gasteiger partial charge in [0, 0.05) is 30.5 Å². The van der Waals surface area contributed by atoms with E-state index in [0.717, 1.165) is 30.0 Å². The number of aryl methyl sites for hydroxylation is 1. The van der Waals surface area contributed by atoms with Gasteiger partial charge in [0.15, 0.2) is 0 Å². The topological polar surface area (TPSA) is 34.5 Å². The van der Waals surface area contributed by atoms with E-state index < -0.39 is 0 Å². The minimum atomic E-state index is 0.0154. The third-order valence-corrected chi connectivity index (χ3v) is 5.01. The van der Waals surface area contributed by atoms with Gasteiger partial charge in [-0.05, 0) is 53.9 Å². The lowest BCUT2D eigenvalue weighted by Crippen LogP contribution is -2.31. The Kier molecular flexibility index (Phi) is 6.90. The van der Waals surface area contributed by atoms with Crippen LogP contribution in [0.15, 0.2) is 79.5 Å². The largest absolute Gasteiger partial charge is 0.497 e. The van der Waals surface area contributed by atoms with E-state index in [1.54, 1.807) is 13.2 Å². The minimum Gasteiger partial charge on any atom is -0.497 e. The van der Waals surface area contributed by atoms with Gasteiger partial charge in [0.1, 0.15) is 5.75 Å². The molecule has 0 aliphatic heterocycles. The van der Waals surface area contributed by atoms with Crippen LogP contribution in [0.3, 0.4) is 0 Å². The summed E-state index contributed by atoms with van der Waals surface area (Å²) in [6.07, 6.45) is 4.78. The molecule has 0 radical (unpaired) electrons. The maximum Gasteiger partial charge on any atom is 0.254 e. The number of methoxy groups -OCH3 is 1. The molecule has 1 amide bonds. The molecule has 0 saturated heterocycles. The fraction of sp³-hybridized carbons (Fsp3) is 0.240. The molecule has 3 aromatic rings. The van der Waals surface area contributed by atoms with Crippen LogP contribution >= 0.6 is 0 Å². The number of nitrogens with zero attached hydrogens (tertiary/aromatic N) is 2. The van der Waals surface area contributed by atoms with Crippen molar-refractivity contribution in [2.24, 2.45) is 0 Å². The number of rotatable bonds is 9. The molecule has 4 heteroatoms. The Morgan fingerprint density at radius 2 is 1.90 bits per heavy atom. The van der Waals surface area contributed by atoms with Gasteiger partial charge in [0.2, 0.25) is 0 Å². The third kappa shape index (κ3) is 5.17. The molecule has 0 unspecified atom stereocenters. The first-order chi connectivity index (χ1) is 14.1. The summed E-state index contributed by atoms with van der Waals surface area (Å²) in [4.78, 5) is 14.9. The van der Waals surface area contributed by atoms with E-state index >= 15 is 0 Å². The van der Waals surface area contributed by atoms with Crippen molar-refractivity contribution in [1.29, 1.82) is 0 Å². The molecular weight excluding hydrogens is 360 g/mol. The first-order valence-electron chi connectivity index (χ1n) is 9.90. The predicted octanol–water partition coefficient (Wildman–Crippen LogP) is 4.94. The standard InChI is InChI=1S/C25H28N2O2/c1-4-15-27(25(28)22-13-11-20(5-2)12-14-22)19-23-9-7-16-26(23)18-21-8-6-10-24(17-21)29-3/h4,6-14,16-17H,1,5,15,18-19H2,2-3H3. The number of benzene rings is 2. The summed E-state index contributed by atoms with van der Waals surface area (Å²) in [5, 5.41) is 0. The molecule has 0 saturated carbocycles. The quantitative estimate of drug-likeness (QED) is 0.487. The van der Waals surface area contributed by atoms with E-state index in [4.69, 9.17) is 4.74 Å². The lowest BCUT2D eigenvalue weighted by atomic mass is 10.1. The van der Waals surface area contributed by atoms with Crippen LogP contribution < -0.4 is 4.74 Å². The summed E-state index contributed by atoms with van der Waals surface area (Å²) in [6.45, 7) is 7.68. The van der Waals surface area contributed by atoms with E-state index in [0.29, 0.717) is 18.7 Å². The van der Waals surface area contributed by atoms with Crippen LogP contribution in [-0.4, -0.2) is 29.0 Å². The van der Waals surface area contributed by atoms with Gasteiger partial charge in [-0.1, -0.05) is 37.3 Å². The lowest BCUT2D eigenvalue weighted by Gasteiger charge is -2.22. The van der Waals surface area contributed by atoms with Crippen molar-refractivity contribution in [2.75, 3.05) is 13.7 Å². The maximum atomic E-state index is 13.1. The number of hydrogen-bond donors (Lipinski definition) is 0. The summed E-state index contributed by atoms with van der Waals surface area (Å²) >= 11 is 0. The highest BCUT2D eigenvalue weighted by Gasteiger charge is 2.16. The molecular formula is C25H28N2O2. The van der Waals surface area contributed by atoms with E-state index in [1.807, 2.05) is 59.6 Å². The second kappa shape index (κ2) is 9.78. The van der Waals surface area contributed by atoms with E-state index in [9.17, 15) is 4.79 Å². The highest BCUT2D eigenvalue weighted by atomic mass is 16.5. The lowest BCUT2D eigenvalue weighted by molar-refractivity contribution is 0.0759. The molecule has 0 fully saturated rings. The molecule has 3 rings (SSSR count). The zero-order valence-electron chi connectivity index (χ0n) is 17.2. The molecule has 4 nitrogen and oxygen atoms in total. The van der Waals surface area contributed by atoms with Crippen molar-refractivity contribution in [2.45, 2.75) is 26.4 Å². The Labute approximate surface area is 173 Å². The Bertz CT molecular complexity index is 957. The Morgan fingerprint density at radius 1 is 1.10 bits per heavy atom. The second-order valence-corrected chi connectivity index (χ2v) is 7.00. The molecule has 29 heavy (non-hydrogen) atoms. The molecule has 2 aromatic carbocycles. The average molecular weight is 389 g/mol. The summed E-state index contributed by atoms with van der Waals surface area (Å²) in [7, 11) is 1.67. The highest BCUT2D eigenvalue weighted by Crippen LogP contribution is 2.17. The molecule has 0 aliphatic rings. The molecule has 0 atom stereocenters. The fourth-order valence-corrected chi connectivity index (χ4v) is 3.35. The van der Waals surface area contributed by atoms with Crippen LogP contribution in [0.1, 0.15) is 34.1 Å². The van der Waals surface area contributed by atoms with Crippen LogP contribution in [0.4, 0.5) is 0 Å². The first-order valence-corrected chi connectivity index (χ1v) is 9.90. The van der Waals surface area contributed by atoms with Gasteiger partial charge in [-0.2, -0.15) is 0 Å². The number of carbonyl (C=O) groups is 1. The van der Waals surface area contributed by atoms with E-state index in [1.165, 1.54) is 5.56 Å². The Balaban J connectivity index is 1.77. The number of carbonyl (C=O) groups excluding carboxylic acids is 1. The van der Waals surface area contributed by atoms with Gasteiger partial charge < -0.3 is 14.2 Å². The smallest absolute Gasteiger partial charge is 0.254 e. The minimum absolute atomic E-state index is 0.0154. The first kappa shape index (κ1) is 20.5. The molecule has 1 aromatic heterocycles. The van der Waals surface area contributed by atoms with Crippen LogP contribution in [0.2, 0.25) is 0 Å². The normalized spacial score (nSPS) is 10.6. The molecule has 1 heterocycles. The summed E-state index contributed by atoms with van der Waals surface area (Å²) in [5.41, 5.74) is 4.16. The van der Waals surface area contributed by atoms with Crippen molar-refractivity contribution in [3.63, 3.8) is 0 Å². The van der Waals surface area contributed by atoms with E-state index in [2.05, 4.69) is 30.2 Å². The second-order valence-electron chi connectivity index (χ2n) is 7.00. The fourth-order valence-electron chi connectivity index (χ4n) is 3.35. The Morgan fingerprint density at radius 3 is 2.59 bits per heavy atom. The van der Waals surface area contributed by atoms with Crippen molar-refractivity contribution in [3.05, 3.63) is 102 Å². The Hall–Kier alpha value is -3.27. The molecule has 0 N–H and O–H groups in total. The predicted molar refractivity (Wildman–Crippen MR) is 117 cm³/mol. The van der Waals surface area contributed by atoms with Gasteiger partial charge >= 0.3 is 0 Å². The zero-order valence-corrected chi connectivity index (χ0v) is 17.2. The maximum absolute atomic E-state index is 13.1. The zero-order chi connectivity index (χ0) is 20.6. The summed E-state index contributed by atoms with van der Waals surface area (Å²) in [5.74, 6) is 0.858. The summed E-state index contributed by atoms with van der Waals surface area (Å²) in [6, 6.07) is 20.0. The number of amides is 1. The van der Waals surface area contributed by atoms with Gasteiger partial charge in [-0.3, -0.25) is 4.79 Å². The van der Waals surface area contributed by atoms with Crippen molar-refractivity contribution in [1.82, 2.24) is 9.47 Å². The van der Waals surface area contributed by atoms with Gasteiger partial charge in [0.05, 0.1) is 13.7 Å². The highest BCUT2D eigenvalue weighted by molar-refractivity contribution is 5.94. The monoisotopic (exact) mass is 388 g/mol. The van der Waals surface area contributed by atoms with Crippen molar-refractivity contribution in [3.8, 4) is 5.75 Å². The third-order valence-electron chi connectivity index (χ3n) is 5.01. The van der Waals surface area contributed by atoms with Crippen molar-refractivity contribution >= 4 is 5.91 Å². The number of aromatic nitrogens is 1. The molecule has 0 bridgehead atoms. The number of ether oxygens (including phenoxy) is 1.